The second-order valence-electron chi connectivity index (χ2n) is 4.62. The maximum Gasteiger partial charge on any atom is 0.332 e. The summed E-state index contributed by atoms with van der Waals surface area (Å²) >= 11 is 0. The molecule has 0 radical (unpaired) electrons. The maximum atomic E-state index is 10.7. The van der Waals surface area contributed by atoms with Gasteiger partial charge in [0.2, 0.25) is 0 Å². The zero-order valence-electron chi connectivity index (χ0n) is 12.8. The first kappa shape index (κ1) is 16.3. The molecule has 8 heteroatoms. The molecule has 1 aromatic heterocycles. The predicted molar refractivity (Wildman–Crippen MR) is 85.6 cm³/mol. The summed E-state index contributed by atoms with van der Waals surface area (Å²) in [5, 5.41) is 3.75. The lowest BCUT2D eigenvalue weighted by atomic mass is 10.2. The number of carbonyl (C=O) groups is 1. The summed E-state index contributed by atoms with van der Waals surface area (Å²) < 4.78 is 13.1. The van der Waals surface area contributed by atoms with E-state index < -0.39 is 6.03 Å². The Hall–Kier alpha value is -3.03. The van der Waals surface area contributed by atoms with Gasteiger partial charge < -0.3 is 19.8 Å². The molecular formula is C15H19N5O3. The minimum Gasteiger partial charge on any atom is -0.493 e. The van der Waals surface area contributed by atoms with Crippen LogP contribution in [0.15, 0.2) is 42.0 Å². The van der Waals surface area contributed by atoms with E-state index in [2.05, 4.69) is 15.5 Å². The summed E-state index contributed by atoms with van der Waals surface area (Å²) in [6, 6.07) is 4.68. The number of ether oxygens (including phenoxy) is 2. The average Bonchev–Trinajstić information content (AvgIpc) is 3.05. The third-order valence-corrected chi connectivity index (χ3v) is 2.97. The fraction of sp³-hybridized carbons (Fsp3) is 0.267. The van der Waals surface area contributed by atoms with Crippen LogP contribution in [0.3, 0.4) is 0 Å². The summed E-state index contributed by atoms with van der Waals surface area (Å²) in [5.41, 5.74) is 7.80. The van der Waals surface area contributed by atoms with E-state index in [-0.39, 0.29) is 0 Å². The first-order valence-electron chi connectivity index (χ1n) is 7.04. The largest absolute Gasteiger partial charge is 0.493 e. The maximum absolute atomic E-state index is 10.7. The van der Waals surface area contributed by atoms with Crippen molar-refractivity contribution in [2.75, 3.05) is 13.7 Å². The SMILES string of the molecule is COc1cccc(C=NNC(N)=O)c1OCCCn1ccnc1. The Morgan fingerprint density at radius 2 is 2.39 bits per heavy atom. The Labute approximate surface area is 133 Å². The first-order valence-corrected chi connectivity index (χ1v) is 7.04. The molecule has 0 fully saturated rings. The molecule has 0 aliphatic carbocycles. The van der Waals surface area contributed by atoms with Gasteiger partial charge in [-0.2, -0.15) is 5.10 Å². The fourth-order valence-electron chi connectivity index (χ4n) is 1.96. The average molecular weight is 317 g/mol. The van der Waals surface area contributed by atoms with Crippen LogP contribution in [0.25, 0.3) is 0 Å². The van der Waals surface area contributed by atoms with Gasteiger partial charge in [0.25, 0.3) is 0 Å². The van der Waals surface area contributed by atoms with E-state index in [0.29, 0.717) is 23.7 Å². The van der Waals surface area contributed by atoms with Crippen molar-refractivity contribution in [2.24, 2.45) is 10.8 Å². The van der Waals surface area contributed by atoms with Crippen molar-refractivity contribution in [1.29, 1.82) is 0 Å². The van der Waals surface area contributed by atoms with Crippen LogP contribution in [0.2, 0.25) is 0 Å². The number of primary amides is 1. The summed E-state index contributed by atoms with van der Waals surface area (Å²) in [5.74, 6) is 1.16. The van der Waals surface area contributed by atoms with E-state index in [1.165, 1.54) is 6.21 Å². The van der Waals surface area contributed by atoms with Crippen molar-refractivity contribution in [3.8, 4) is 11.5 Å². The van der Waals surface area contributed by atoms with Gasteiger partial charge in [-0.3, -0.25) is 0 Å². The number of carbonyl (C=O) groups excluding carboxylic acids is 1. The number of urea groups is 1. The molecule has 0 atom stereocenters. The molecule has 2 aromatic rings. The van der Waals surface area contributed by atoms with Crippen molar-refractivity contribution < 1.29 is 14.3 Å². The van der Waals surface area contributed by atoms with Crippen LogP contribution in [-0.4, -0.2) is 35.5 Å². The molecule has 0 aliphatic rings. The predicted octanol–water partition coefficient (Wildman–Crippen LogP) is 1.36. The number of rotatable bonds is 8. The molecule has 2 rings (SSSR count). The molecular weight excluding hydrogens is 298 g/mol. The van der Waals surface area contributed by atoms with Gasteiger partial charge in [-0.25, -0.2) is 15.2 Å². The molecule has 0 unspecified atom stereocenters. The number of nitrogens with zero attached hydrogens (tertiary/aromatic N) is 3. The minimum atomic E-state index is -0.730. The smallest absolute Gasteiger partial charge is 0.332 e. The van der Waals surface area contributed by atoms with E-state index in [0.717, 1.165) is 13.0 Å². The molecule has 0 saturated heterocycles. The zero-order valence-corrected chi connectivity index (χ0v) is 12.8. The van der Waals surface area contributed by atoms with E-state index in [9.17, 15) is 4.79 Å². The second kappa shape index (κ2) is 8.42. The van der Waals surface area contributed by atoms with Crippen molar-refractivity contribution in [1.82, 2.24) is 15.0 Å². The third kappa shape index (κ3) is 5.03. The highest BCUT2D eigenvalue weighted by atomic mass is 16.5. The monoisotopic (exact) mass is 317 g/mol. The number of amides is 2. The summed E-state index contributed by atoms with van der Waals surface area (Å²) in [4.78, 5) is 14.6. The van der Waals surface area contributed by atoms with Crippen LogP contribution >= 0.6 is 0 Å². The third-order valence-electron chi connectivity index (χ3n) is 2.97. The molecule has 1 heterocycles. The van der Waals surface area contributed by atoms with E-state index >= 15 is 0 Å². The first-order chi connectivity index (χ1) is 11.2. The number of hydrazone groups is 1. The molecule has 8 nitrogen and oxygen atoms in total. The molecule has 1 aromatic carbocycles. The lowest BCUT2D eigenvalue weighted by molar-refractivity contribution is 0.249. The summed E-state index contributed by atoms with van der Waals surface area (Å²) in [6.45, 7) is 1.31. The number of hydrogen-bond acceptors (Lipinski definition) is 5. The topological polar surface area (TPSA) is 104 Å². The number of nitrogens with two attached hydrogens (primary N) is 1. The summed E-state index contributed by atoms with van der Waals surface area (Å²) in [6.07, 6.45) is 7.66. The number of benzene rings is 1. The van der Waals surface area contributed by atoms with Crippen molar-refractivity contribution in [3.63, 3.8) is 0 Å². The van der Waals surface area contributed by atoms with Gasteiger partial charge in [-0.15, -0.1) is 0 Å². The molecule has 0 bridgehead atoms. The standard InChI is InChI=1S/C15H19N5O3/c1-22-13-5-2-4-12(10-18-19-15(16)21)14(13)23-9-3-7-20-8-6-17-11-20/h2,4-6,8,10-11H,3,7,9H2,1H3,(H3,16,19,21). The van der Waals surface area contributed by atoms with Crippen LogP contribution in [0, 0.1) is 0 Å². The lowest BCUT2D eigenvalue weighted by Crippen LogP contribution is -2.24. The van der Waals surface area contributed by atoms with Crippen molar-refractivity contribution in [3.05, 3.63) is 42.5 Å². The van der Waals surface area contributed by atoms with Gasteiger partial charge in [0.1, 0.15) is 0 Å². The zero-order chi connectivity index (χ0) is 16.5. The number of hydrogen-bond donors (Lipinski definition) is 2. The highest BCUT2D eigenvalue weighted by Crippen LogP contribution is 2.30. The molecule has 0 aliphatic heterocycles. The highest BCUT2D eigenvalue weighted by molar-refractivity contribution is 5.86. The molecule has 122 valence electrons. The normalized spacial score (nSPS) is 10.7. The number of para-hydroxylation sites is 1. The molecule has 23 heavy (non-hydrogen) atoms. The Morgan fingerprint density at radius 3 is 3.09 bits per heavy atom. The molecule has 0 spiro atoms. The van der Waals surface area contributed by atoms with Gasteiger partial charge >= 0.3 is 6.03 Å². The molecule has 0 saturated carbocycles. The number of methoxy groups -OCH3 is 1. The fourth-order valence-corrected chi connectivity index (χ4v) is 1.96. The summed E-state index contributed by atoms with van der Waals surface area (Å²) in [7, 11) is 1.57. The van der Waals surface area contributed by atoms with Crippen LogP contribution in [0.1, 0.15) is 12.0 Å². The van der Waals surface area contributed by atoms with Gasteiger partial charge in [0, 0.05) is 24.5 Å². The highest BCUT2D eigenvalue weighted by Gasteiger charge is 2.09. The Balaban J connectivity index is 1.99. The number of aromatic nitrogens is 2. The van der Waals surface area contributed by atoms with Crippen LogP contribution in [0.4, 0.5) is 4.79 Å². The minimum absolute atomic E-state index is 0.503. The molecule has 3 N–H and O–H groups in total. The Kier molecular flexibility index (Phi) is 5.98. The number of nitrogens with one attached hydrogen (secondary N) is 1. The van der Waals surface area contributed by atoms with Crippen molar-refractivity contribution >= 4 is 12.2 Å². The lowest BCUT2D eigenvalue weighted by Gasteiger charge is -2.13. The van der Waals surface area contributed by atoms with Gasteiger partial charge in [0.15, 0.2) is 11.5 Å². The number of aryl methyl sites for hydroxylation is 1. The number of imidazole rings is 1. The van der Waals surface area contributed by atoms with Crippen LogP contribution < -0.4 is 20.6 Å². The Morgan fingerprint density at radius 1 is 1.52 bits per heavy atom. The van der Waals surface area contributed by atoms with Crippen molar-refractivity contribution in [2.45, 2.75) is 13.0 Å². The van der Waals surface area contributed by atoms with E-state index in [1.807, 2.05) is 16.8 Å². The van der Waals surface area contributed by atoms with E-state index in [1.54, 1.807) is 31.8 Å². The van der Waals surface area contributed by atoms with Gasteiger partial charge in [-0.1, -0.05) is 6.07 Å². The second-order valence-corrected chi connectivity index (χ2v) is 4.62. The molecule has 2 amide bonds. The Bertz CT molecular complexity index is 655. The van der Waals surface area contributed by atoms with E-state index in [4.69, 9.17) is 15.2 Å². The van der Waals surface area contributed by atoms with Gasteiger partial charge in [-0.05, 0) is 18.6 Å². The quantitative estimate of drug-likeness (QED) is 0.436. The van der Waals surface area contributed by atoms with Gasteiger partial charge in [0.05, 0.1) is 26.3 Å². The van der Waals surface area contributed by atoms with Crippen LogP contribution in [-0.2, 0) is 6.54 Å². The van der Waals surface area contributed by atoms with Crippen LogP contribution in [0.5, 0.6) is 11.5 Å².